The van der Waals surface area contributed by atoms with Gasteiger partial charge in [-0.25, -0.2) is 4.68 Å². The first-order valence-electron chi connectivity index (χ1n) is 6.40. The Hall–Kier alpha value is -2.04. The SMILES string of the molecule is S=C1C=CC=CC1(OCc1ccccc1)n1cccn1. The molecule has 1 aliphatic rings. The van der Waals surface area contributed by atoms with Gasteiger partial charge in [0, 0.05) is 12.4 Å². The van der Waals surface area contributed by atoms with Gasteiger partial charge in [-0.15, -0.1) is 0 Å². The lowest BCUT2D eigenvalue weighted by molar-refractivity contribution is -0.0307. The number of rotatable bonds is 4. The van der Waals surface area contributed by atoms with Crippen LogP contribution in [0.4, 0.5) is 0 Å². The first kappa shape index (κ1) is 13.0. The Bertz CT molecular complexity index is 646. The molecule has 0 saturated carbocycles. The number of aromatic nitrogens is 2. The van der Waals surface area contributed by atoms with Gasteiger partial charge in [0.05, 0.1) is 11.5 Å². The van der Waals surface area contributed by atoms with Gasteiger partial charge >= 0.3 is 0 Å². The minimum atomic E-state index is -0.816. The number of benzene rings is 1. The van der Waals surface area contributed by atoms with E-state index in [1.54, 1.807) is 10.9 Å². The van der Waals surface area contributed by atoms with Crippen molar-refractivity contribution in [3.8, 4) is 0 Å². The summed E-state index contributed by atoms with van der Waals surface area (Å²) in [5, 5.41) is 4.29. The molecule has 3 rings (SSSR count). The molecule has 0 saturated heterocycles. The first-order valence-corrected chi connectivity index (χ1v) is 6.80. The topological polar surface area (TPSA) is 27.1 Å². The van der Waals surface area contributed by atoms with E-state index in [1.165, 1.54) is 0 Å². The summed E-state index contributed by atoms with van der Waals surface area (Å²) in [7, 11) is 0. The molecule has 1 aromatic carbocycles. The van der Waals surface area contributed by atoms with E-state index in [0.29, 0.717) is 11.5 Å². The second-order valence-electron chi connectivity index (χ2n) is 4.50. The number of hydrogen-bond acceptors (Lipinski definition) is 3. The van der Waals surface area contributed by atoms with Crippen LogP contribution >= 0.6 is 12.2 Å². The highest BCUT2D eigenvalue weighted by atomic mass is 32.1. The Labute approximate surface area is 123 Å². The molecule has 100 valence electrons. The summed E-state index contributed by atoms with van der Waals surface area (Å²) in [6, 6.07) is 11.9. The molecule has 1 aliphatic carbocycles. The van der Waals surface area contributed by atoms with Gasteiger partial charge in [-0.2, -0.15) is 5.10 Å². The number of allylic oxidation sites excluding steroid dienone is 2. The van der Waals surface area contributed by atoms with E-state index < -0.39 is 5.72 Å². The molecule has 0 fully saturated rings. The minimum Gasteiger partial charge on any atom is -0.341 e. The van der Waals surface area contributed by atoms with E-state index in [4.69, 9.17) is 17.0 Å². The summed E-state index contributed by atoms with van der Waals surface area (Å²) in [5.74, 6) is 0. The molecule has 1 heterocycles. The van der Waals surface area contributed by atoms with Gasteiger partial charge in [0.15, 0.2) is 0 Å². The van der Waals surface area contributed by atoms with Crippen LogP contribution in [0.5, 0.6) is 0 Å². The molecule has 1 unspecified atom stereocenters. The van der Waals surface area contributed by atoms with E-state index in [9.17, 15) is 0 Å². The van der Waals surface area contributed by atoms with Crippen LogP contribution in [0.3, 0.4) is 0 Å². The molecule has 1 atom stereocenters. The summed E-state index contributed by atoms with van der Waals surface area (Å²) >= 11 is 5.48. The third-order valence-electron chi connectivity index (χ3n) is 3.18. The molecular weight excluding hydrogens is 268 g/mol. The quantitative estimate of drug-likeness (QED) is 0.806. The van der Waals surface area contributed by atoms with Gasteiger partial charge in [-0.1, -0.05) is 54.7 Å². The average molecular weight is 282 g/mol. The van der Waals surface area contributed by atoms with Crippen molar-refractivity contribution in [2.24, 2.45) is 0 Å². The van der Waals surface area contributed by atoms with Gasteiger partial charge in [0.25, 0.3) is 0 Å². The molecule has 1 aromatic heterocycles. The average Bonchev–Trinajstić information content (AvgIpc) is 3.03. The van der Waals surface area contributed by atoms with Crippen molar-refractivity contribution in [3.63, 3.8) is 0 Å². The number of hydrogen-bond donors (Lipinski definition) is 0. The molecule has 2 aromatic rings. The lowest BCUT2D eigenvalue weighted by atomic mass is 10.0. The van der Waals surface area contributed by atoms with Crippen LogP contribution < -0.4 is 0 Å². The van der Waals surface area contributed by atoms with Crippen LogP contribution in [0, 0.1) is 0 Å². The van der Waals surface area contributed by atoms with Gasteiger partial charge < -0.3 is 4.74 Å². The molecule has 0 N–H and O–H groups in total. The van der Waals surface area contributed by atoms with Crippen molar-refractivity contribution >= 4 is 17.1 Å². The standard InChI is InChI=1S/C16H14N2OS/c20-15-9-4-5-10-16(15,18-12-6-11-17-18)19-13-14-7-2-1-3-8-14/h1-12H,13H2. The predicted octanol–water partition coefficient (Wildman–Crippen LogP) is 3.25. The Kier molecular flexibility index (Phi) is 3.58. The maximum absolute atomic E-state index is 6.13. The third-order valence-corrected chi connectivity index (χ3v) is 3.61. The highest BCUT2D eigenvalue weighted by molar-refractivity contribution is 7.80. The van der Waals surface area contributed by atoms with Crippen LogP contribution in [0.1, 0.15) is 5.56 Å². The second kappa shape index (κ2) is 5.53. The zero-order valence-corrected chi connectivity index (χ0v) is 11.7. The Morgan fingerprint density at radius 1 is 1.15 bits per heavy atom. The minimum absolute atomic E-state index is 0.471. The fourth-order valence-corrected chi connectivity index (χ4v) is 2.44. The predicted molar refractivity (Wildman–Crippen MR) is 82.3 cm³/mol. The highest BCUT2D eigenvalue weighted by Crippen LogP contribution is 2.27. The second-order valence-corrected chi connectivity index (χ2v) is 4.94. The Balaban J connectivity index is 1.90. The van der Waals surface area contributed by atoms with Crippen molar-refractivity contribution in [3.05, 3.63) is 78.7 Å². The lowest BCUT2D eigenvalue weighted by Gasteiger charge is -2.32. The fourth-order valence-electron chi connectivity index (χ4n) is 2.14. The van der Waals surface area contributed by atoms with Crippen LogP contribution in [0.15, 0.2) is 73.1 Å². The zero-order valence-electron chi connectivity index (χ0n) is 10.8. The Morgan fingerprint density at radius 3 is 2.70 bits per heavy atom. The van der Waals surface area contributed by atoms with Gasteiger partial charge in [0.2, 0.25) is 5.72 Å². The molecule has 4 heteroatoms. The van der Waals surface area contributed by atoms with Crippen LogP contribution in [0.2, 0.25) is 0 Å². The monoisotopic (exact) mass is 282 g/mol. The van der Waals surface area contributed by atoms with Crippen LogP contribution in [-0.2, 0) is 17.1 Å². The number of ether oxygens (including phenoxy) is 1. The van der Waals surface area contributed by atoms with Gasteiger partial charge in [0.1, 0.15) is 0 Å². The van der Waals surface area contributed by atoms with E-state index >= 15 is 0 Å². The molecular formula is C16H14N2OS. The van der Waals surface area contributed by atoms with E-state index in [-0.39, 0.29) is 0 Å². The summed E-state index contributed by atoms with van der Waals surface area (Å²) in [6.45, 7) is 0.471. The highest BCUT2D eigenvalue weighted by Gasteiger charge is 2.35. The van der Waals surface area contributed by atoms with E-state index in [2.05, 4.69) is 5.10 Å². The fraction of sp³-hybridized carbons (Fsp3) is 0.125. The number of nitrogens with zero attached hydrogens (tertiary/aromatic N) is 2. The van der Waals surface area contributed by atoms with Crippen LogP contribution in [0.25, 0.3) is 0 Å². The molecule has 0 bridgehead atoms. The third kappa shape index (κ3) is 2.35. The summed E-state index contributed by atoms with van der Waals surface area (Å²) in [5.41, 5.74) is 0.286. The zero-order chi connectivity index (χ0) is 13.8. The summed E-state index contributed by atoms with van der Waals surface area (Å²) in [6.07, 6.45) is 11.2. The van der Waals surface area contributed by atoms with Crippen molar-refractivity contribution in [2.45, 2.75) is 12.3 Å². The van der Waals surface area contributed by atoms with Crippen LogP contribution in [-0.4, -0.2) is 14.6 Å². The van der Waals surface area contributed by atoms with Gasteiger partial charge in [-0.3, -0.25) is 0 Å². The normalized spacial score (nSPS) is 21.3. The van der Waals surface area contributed by atoms with E-state index in [0.717, 1.165) is 5.56 Å². The molecule has 0 radical (unpaired) electrons. The summed E-state index contributed by atoms with van der Waals surface area (Å²) in [4.78, 5) is 0.694. The van der Waals surface area contributed by atoms with Crippen molar-refractivity contribution in [2.75, 3.05) is 0 Å². The maximum Gasteiger partial charge on any atom is 0.216 e. The maximum atomic E-state index is 6.13. The van der Waals surface area contributed by atoms with Gasteiger partial charge in [-0.05, 0) is 23.8 Å². The smallest absolute Gasteiger partial charge is 0.216 e. The van der Waals surface area contributed by atoms with E-state index in [1.807, 2.05) is 66.9 Å². The molecule has 0 aliphatic heterocycles. The lowest BCUT2D eigenvalue weighted by Crippen LogP contribution is -2.42. The largest absolute Gasteiger partial charge is 0.341 e. The number of thiocarbonyl (C=S) groups is 1. The molecule has 20 heavy (non-hydrogen) atoms. The van der Waals surface area contributed by atoms with Crippen molar-refractivity contribution in [1.29, 1.82) is 0 Å². The molecule has 0 spiro atoms. The van der Waals surface area contributed by atoms with Crippen molar-refractivity contribution < 1.29 is 4.74 Å². The Morgan fingerprint density at radius 2 is 2.00 bits per heavy atom. The molecule has 3 nitrogen and oxygen atoms in total. The summed E-state index contributed by atoms with van der Waals surface area (Å²) < 4.78 is 7.88. The molecule has 0 amide bonds. The van der Waals surface area contributed by atoms with Crippen molar-refractivity contribution in [1.82, 2.24) is 9.78 Å². The first-order chi connectivity index (χ1) is 9.81.